The molecule has 0 spiro atoms. The molecule has 0 atom stereocenters. The predicted octanol–water partition coefficient (Wildman–Crippen LogP) is 3.87. The van der Waals surface area contributed by atoms with E-state index in [-0.39, 0.29) is 5.69 Å². The van der Waals surface area contributed by atoms with Gasteiger partial charge < -0.3 is 4.90 Å². The Morgan fingerprint density at radius 3 is 2.72 bits per heavy atom. The molecule has 0 aliphatic heterocycles. The molecule has 0 bridgehead atoms. The van der Waals surface area contributed by atoms with Gasteiger partial charge in [-0.05, 0) is 31.6 Å². The Labute approximate surface area is 113 Å². The van der Waals surface area contributed by atoms with Crippen molar-refractivity contribution in [3.05, 3.63) is 38.9 Å². The van der Waals surface area contributed by atoms with Crippen molar-refractivity contribution in [1.29, 1.82) is 0 Å². The molecule has 5 heteroatoms. The van der Waals surface area contributed by atoms with Gasteiger partial charge in [0.1, 0.15) is 0 Å². The topological polar surface area (TPSA) is 46.4 Å². The summed E-state index contributed by atoms with van der Waals surface area (Å²) in [6.07, 6.45) is 3.53. The first-order chi connectivity index (χ1) is 8.54. The third-order valence-electron chi connectivity index (χ3n) is 2.82. The summed E-state index contributed by atoms with van der Waals surface area (Å²) < 4.78 is 0. The van der Waals surface area contributed by atoms with Crippen molar-refractivity contribution in [2.24, 2.45) is 0 Å². The molecule has 18 heavy (non-hydrogen) atoms. The van der Waals surface area contributed by atoms with E-state index in [9.17, 15) is 10.1 Å². The second-order valence-corrected chi connectivity index (χ2v) is 4.88. The van der Waals surface area contributed by atoms with E-state index in [2.05, 4.69) is 11.8 Å². The molecule has 0 aromatic heterocycles. The molecule has 0 N–H and O–H groups in total. The van der Waals surface area contributed by atoms with Crippen molar-refractivity contribution >= 4 is 17.3 Å². The lowest BCUT2D eigenvalue weighted by atomic mass is 10.2. The minimum atomic E-state index is -0.392. The van der Waals surface area contributed by atoms with Crippen molar-refractivity contribution in [3.8, 4) is 0 Å². The summed E-state index contributed by atoms with van der Waals surface area (Å²) >= 11 is 6.06. The number of unbranched alkanes of at least 4 members (excludes halogenated alkanes) is 2. The number of nitro benzene ring substituents is 1. The molecule has 0 amide bonds. The molecular weight excluding hydrogens is 252 g/mol. The maximum absolute atomic E-state index is 10.7. The van der Waals surface area contributed by atoms with Crippen LogP contribution in [0.1, 0.15) is 31.7 Å². The van der Waals surface area contributed by atoms with Crippen LogP contribution in [-0.4, -0.2) is 23.4 Å². The van der Waals surface area contributed by atoms with Crippen LogP contribution in [-0.2, 0) is 6.54 Å². The highest BCUT2D eigenvalue weighted by atomic mass is 35.5. The first kappa shape index (κ1) is 14.9. The molecule has 4 nitrogen and oxygen atoms in total. The van der Waals surface area contributed by atoms with Gasteiger partial charge in [-0.3, -0.25) is 10.1 Å². The Bertz CT molecular complexity index is 410. The molecule has 0 heterocycles. The highest BCUT2D eigenvalue weighted by Crippen LogP contribution is 2.23. The molecular formula is C13H19ClN2O2. The van der Waals surface area contributed by atoms with Crippen molar-refractivity contribution in [1.82, 2.24) is 4.90 Å². The van der Waals surface area contributed by atoms with E-state index < -0.39 is 4.92 Å². The zero-order chi connectivity index (χ0) is 13.5. The third kappa shape index (κ3) is 4.63. The summed E-state index contributed by atoms with van der Waals surface area (Å²) in [4.78, 5) is 12.5. The summed E-state index contributed by atoms with van der Waals surface area (Å²) in [5.41, 5.74) is 0.904. The largest absolute Gasteiger partial charge is 0.302 e. The van der Waals surface area contributed by atoms with Gasteiger partial charge in [0.05, 0.1) is 4.92 Å². The maximum Gasteiger partial charge on any atom is 0.269 e. The molecule has 0 aliphatic rings. The SMILES string of the molecule is CCCCCN(C)Cc1cc([N+](=O)[O-])ccc1Cl. The van der Waals surface area contributed by atoms with Crippen LogP contribution in [0, 0.1) is 10.1 Å². The smallest absolute Gasteiger partial charge is 0.269 e. The molecule has 0 saturated heterocycles. The lowest BCUT2D eigenvalue weighted by Gasteiger charge is -2.17. The fourth-order valence-electron chi connectivity index (χ4n) is 1.80. The lowest BCUT2D eigenvalue weighted by molar-refractivity contribution is -0.384. The van der Waals surface area contributed by atoms with Crippen LogP contribution in [0.2, 0.25) is 5.02 Å². The average molecular weight is 271 g/mol. The van der Waals surface area contributed by atoms with Crippen LogP contribution >= 0.6 is 11.6 Å². The Morgan fingerprint density at radius 1 is 1.39 bits per heavy atom. The standard InChI is InChI=1S/C13H19ClN2O2/c1-3-4-5-8-15(2)10-11-9-12(16(17)18)6-7-13(11)14/h6-7,9H,3-5,8,10H2,1-2H3. The average Bonchev–Trinajstić information content (AvgIpc) is 2.32. The maximum atomic E-state index is 10.7. The minimum Gasteiger partial charge on any atom is -0.302 e. The summed E-state index contributed by atoms with van der Waals surface area (Å²) in [6, 6.07) is 4.58. The third-order valence-corrected chi connectivity index (χ3v) is 3.19. The second-order valence-electron chi connectivity index (χ2n) is 4.48. The quantitative estimate of drug-likeness (QED) is 0.429. The monoisotopic (exact) mass is 270 g/mol. The number of hydrogen-bond donors (Lipinski definition) is 0. The number of benzene rings is 1. The van der Waals surface area contributed by atoms with E-state index in [1.807, 2.05) is 7.05 Å². The first-order valence-corrected chi connectivity index (χ1v) is 6.53. The highest BCUT2D eigenvalue weighted by molar-refractivity contribution is 6.31. The predicted molar refractivity (Wildman–Crippen MR) is 74.0 cm³/mol. The molecule has 0 saturated carbocycles. The highest BCUT2D eigenvalue weighted by Gasteiger charge is 2.11. The minimum absolute atomic E-state index is 0.0939. The van der Waals surface area contributed by atoms with Gasteiger partial charge in [0.2, 0.25) is 0 Å². The van der Waals surface area contributed by atoms with Crippen LogP contribution in [0.15, 0.2) is 18.2 Å². The van der Waals surface area contributed by atoms with E-state index in [0.717, 1.165) is 18.5 Å². The van der Waals surface area contributed by atoms with Crippen molar-refractivity contribution in [3.63, 3.8) is 0 Å². The zero-order valence-electron chi connectivity index (χ0n) is 10.9. The van der Waals surface area contributed by atoms with Crippen LogP contribution < -0.4 is 0 Å². The van der Waals surface area contributed by atoms with Gasteiger partial charge in [0.25, 0.3) is 5.69 Å². The summed E-state index contributed by atoms with van der Waals surface area (Å²) in [5.74, 6) is 0. The molecule has 0 radical (unpaired) electrons. The van der Waals surface area contributed by atoms with E-state index in [1.54, 1.807) is 12.1 Å². The molecule has 0 fully saturated rings. The zero-order valence-corrected chi connectivity index (χ0v) is 11.6. The summed E-state index contributed by atoms with van der Waals surface area (Å²) in [5, 5.41) is 11.3. The molecule has 0 unspecified atom stereocenters. The van der Waals surface area contributed by atoms with E-state index in [4.69, 9.17) is 11.6 Å². The first-order valence-electron chi connectivity index (χ1n) is 6.16. The van der Waals surface area contributed by atoms with Crippen molar-refractivity contribution in [2.75, 3.05) is 13.6 Å². The van der Waals surface area contributed by atoms with Gasteiger partial charge in [-0.25, -0.2) is 0 Å². The number of rotatable bonds is 7. The Hall–Kier alpha value is -1.13. The molecule has 100 valence electrons. The number of non-ortho nitro benzene ring substituents is 1. The van der Waals surface area contributed by atoms with E-state index in [0.29, 0.717) is 11.6 Å². The fourth-order valence-corrected chi connectivity index (χ4v) is 1.97. The van der Waals surface area contributed by atoms with Crippen molar-refractivity contribution in [2.45, 2.75) is 32.7 Å². The second kappa shape index (κ2) is 7.34. The normalized spacial score (nSPS) is 10.9. The Balaban J connectivity index is 2.65. The van der Waals surface area contributed by atoms with Gasteiger partial charge in [-0.15, -0.1) is 0 Å². The van der Waals surface area contributed by atoms with E-state index >= 15 is 0 Å². The van der Waals surface area contributed by atoms with Gasteiger partial charge >= 0.3 is 0 Å². The van der Waals surface area contributed by atoms with Gasteiger partial charge in [-0.1, -0.05) is 31.4 Å². The number of hydrogen-bond acceptors (Lipinski definition) is 3. The summed E-state index contributed by atoms with van der Waals surface area (Å²) in [7, 11) is 2.00. The Kier molecular flexibility index (Phi) is 6.09. The van der Waals surface area contributed by atoms with Gasteiger partial charge in [0, 0.05) is 23.7 Å². The van der Waals surface area contributed by atoms with Crippen LogP contribution in [0.4, 0.5) is 5.69 Å². The fraction of sp³-hybridized carbons (Fsp3) is 0.538. The van der Waals surface area contributed by atoms with Crippen LogP contribution in [0.5, 0.6) is 0 Å². The van der Waals surface area contributed by atoms with Gasteiger partial charge in [-0.2, -0.15) is 0 Å². The van der Waals surface area contributed by atoms with Crippen molar-refractivity contribution < 1.29 is 4.92 Å². The van der Waals surface area contributed by atoms with Crippen LogP contribution in [0.25, 0.3) is 0 Å². The molecule has 1 aromatic rings. The molecule has 1 aromatic carbocycles. The number of halogens is 1. The number of nitrogens with zero attached hydrogens (tertiary/aromatic N) is 2. The molecule has 0 aliphatic carbocycles. The molecule has 1 rings (SSSR count). The Morgan fingerprint density at radius 2 is 2.11 bits per heavy atom. The number of nitro groups is 1. The summed E-state index contributed by atoms with van der Waals surface area (Å²) in [6.45, 7) is 3.79. The lowest BCUT2D eigenvalue weighted by Crippen LogP contribution is -2.19. The van der Waals surface area contributed by atoms with Gasteiger partial charge in [0.15, 0.2) is 0 Å². The van der Waals surface area contributed by atoms with Crippen LogP contribution in [0.3, 0.4) is 0 Å². The van der Waals surface area contributed by atoms with E-state index in [1.165, 1.54) is 18.9 Å².